The number of ketones is 2. The Hall–Kier alpha value is -5.80. The number of hydrazone groups is 2. The van der Waals surface area contributed by atoms with Gasteiger partial charge in [0.1, 0.15) is 9.79 Å². The van der Waals surface area contributed by atoms with Gasteiger partial charge in [-0.05, 0) is 59.7 Å². The molecule has 2 aliphatic carbocycles. The summed E-state index contributed by atoms with van der Waals surface area (Å²) in [6.45, 7) is 0. The molecule has 4 aromatic rings. The van der Waals surface area contributed by atoms with Crippen LogP contribution in [0.15, 0.2) is 129 Å². The summed E-state index contributed by atoms with van der Waals surface area (Å²) in [4.78, 5) is 23.3. The maximum Gasteiger partial charge on any atom is 0.295 e. The van der Waals surface area contributed by atoms with E-state index in [1.165, 1.54) is 60.7 Å². The third-order valence-corrected chi connectivity index (χ3v) is 9.18. The van der Waals surface area contributed by atoms with Crippen LogP contribution in [-0.4, -0.2) is 48.9 Å². The van der Waals surface area contributed by atoms with Crippen LogP contribution in [-0.2, 0) is 20.2 Å². The lowest BCUT2D eigenvalue weighted by Gasteiger charge is -2.13. The minimum Gasteiger partial charge on any atom is -0.289 e. The third kappa shape index (κ3) is 6.82. The predicted molar refractivity (Wildman–Crippen MR) is 182 cm³/mol. The number of nitrogens with one attached hydrogen (secondary N) is 2. The number of rotatable bonds is 8. The van der Waals surface area contributed by atoms with E-state index in [4.69, 9.17) is 0 Å². The Morgan fingerprint density at radius 3 is 1.27 bits per heavy atom. The van der Waals surface area contributed by atoms with Gasteiger partial charge in [-0.2, -0.15) is 27.0 Å². The first-order chi connectivity index (χ1) is 22.9. The Labute approximate surface area is 275 Å². The number of carbonyl (C=O) groups is 2. The van der Waals surface area contributed by atoms with Gasteiger partial charge in [0.2, 0.25) is 0 Å². The summed E-state index contributed by atoms with van der Waals surface area (Å²) in [6.07, 6.45) is 8.31. The highest BCUT2D eigenvalue weighted by Crippen LogP contribution is 2.27. The third-order valence-electron chi connectivity index (χ3n) is 7.36. The van der Waals surface area contributed by atoms with Crippen molar-refractivity contribution in [1.82, 2.24) is 0 Å². The summed E-state index contributed by atoms with van der Waals surface area (Å²) in [5.41, 5.74) is 8.85. The van der Waals surface area contributed by atoms with Crippen LogP contribution in [0.25, 0.3) is 12.2 Å². The highest BCUT2D eigenvalue weighted by molar-refractivity contribution is 7.86. The number of allylic oxidation sites excluding steroid dienone is 4. The lowest BCUT2D eigenvalue weighted by molar-refractivity contribution is 0.103. The van der Waals surface area contributed by atoms with Crippen molar-refractivity contribution in [2.75, 3.05) is 10.9 Å². The van der Waals surface area contributed by atoms with Gasteiger partial charge in [-0.15, -0.1) is 0 Å². The highest BCUT2D eigenvalue weighted by atomic mass is 32.2. The molecule has 0 radical (unpaired) electrons. The van der Waals surface area contributed by atoms with Gasteiger partial charge in [-0.1, -0.05) is 72.8 Å². The number of anilines is 2. The highest BCUT2D eigenvalue weighted by Gasteiger charge is 2.20. The Morgan fingerprint density at radius 1 is 0.521 bits per heavy atom. The normalized spacial score (nSPS) is 16.0. The number of nitrogens with zero attached hydrogens (tertiary/aromatic N) is 2. The molecule has 0 aromatic heterocycles. The molecule has 0 bridgehead atoms. The van der Waals surface area contributed by atoms with Crippen LogP contribution in [0.4, 0.5) is 11.4 Å². The first-order valence-corrected chi connectivity index (χ1v) is 17.0. The van der Waals surface area contributed by atoms with Crippen LogP contribution in [0, 0.1) is 0 Å². The number of hydrogen-bond donors (Lipinski definition) is 4. The molecule has 0 amide bonds. The van der Waals surface area contributed by atoms with Crippen LogP contribution in [0.3, 0.4) is 0 Å². The summed E-state index contributed by atoms with van der Waals surface area (Å²) in [5.74, 6) is -0.346. The van der Waals surface area contributed by atoms with Crippen LogP contribution in [0.1, 0.15) is 43.0 Å². The van der Waals surface area contributed by atoms with Crippen molar-refractivity contribution < 1.29 is 35.5 Å². The molecule has 0 fully saturated rings. The molecule has 4 N–H and O–H groups in total. The van der Waals surface area contributed by atoms with Crippen molar-refractivity contribution in [3.63, 3.8) is 0 Å². The van der Waals surface area contributed by atoms with Crippen molar-refractivity contribution >= 4 is 66.8 Å². The molecule has 6 rings (SSSR count). The van der Waals surface area contributed by atoms with Gasteiger partial charge in [0.25, 0.3) is 20.2 Å². The molecule has 14 heteroatoms. The molecule has 4 aromatic carbocycles. The smallest absolute Gasteiger partial charge is 0.289 e. The molecule has 12 nitrogen and oxygen atoms in total. The molecule has 0 atom stereocenters. The summed E-state index contributed by atoms with van der Waals surface area (Å²) in [7, 11) is -9.53. The van der Waals surface area contributed by atoms with E-state index >= 15 is 0 Å². The second-order valence-electron chi connectivity index (χ2n) is 10.5. The number of hydrogen-bond acceptors (Lipinski definition) is 10. The van der Waals surface area contributed by atoms with Crippen molar-refractivity contribution in [3.05, 3.63) is 143 Å². The van der Waals surface area contributed by atoms with Crippen LogP contribution in [0.5, 0.6) is 0 Å². The molecule has 240 valence electrons. The van der Waals surface area contributed by atoms with Gasteiger partial charge in [0.05, 0.1) is 22.8 Å². The standard InChI is InChI=1S/C34H24N4O8S2/c39-31-17-15-29(25-5-1-3-7-27(25)31)37-35-23-13-11-21(33(19-23)47(41,42)43)9-10-22-12-14-24(20-34(22)48(44,45)46)36-38-30-16-18-32(40)28-8-4-2-6-26(28)30/h1-20,35-36H,(H,41,42,43)(H,44,45,46)/b10-9+,37-29+,38-30+. The van der Waals surface area contributed by atoms with Crippen molar-refractivity contribution in [3.8, 4) is 0 Å². The lowest BCUT2D eigenvalue weighted by Crippen LogP contribution is -2.13. The van der Waals surface area contributed by atoms with Crippen molar-refractivity contribution in [2.24, 2.45) is 10.2 Å². The second kappa shape index (κ2) is 12.8. The molecule has 0 saturated heterocycles. The first-order valence-electron chi connectivity index (χ1n) is 14.1. The number of carbonyl (C=O) groups excluding carboxylic acids is 2. The summed E-state index contributed by atoms with van der Waals surface area (Å²) in [5, 5.41) is 8.57. The summed E-state index contributed by atoms with van der Waals surface area (Å²) in [6, 6.07) is 21.7. The lowest BCUT2D eigenvalue weighted by atomic mass is 9.94. The van der Waals surface area contributed by atoms with E-state index < -0.39 is 30.0 Å². The first kappa shape index (κ1) is 32.2. The Morgan fingerprint density at radius 2 is 0.896 bits per heavy atom. The number of fused-ring (bicyclic) bond motifs is 2. The van der Waals surface area contributed by atoms with E-state index in [9.17, 15) is 35.5 Å². The molecule has 0 spiro atoms. The van der Waals surface area contributed by atoms with Crippen LogP contribution >= 0.6 is 0 Å². The van der Waals surface area contributed by atoms with Crippen molar-refractivity contribution in [1.29, 1.82) is 0 Å². The minimum absolute atomic E-state index is 0.0106. The Bertz CT molecular complexity index is 2230. The maximum absolute atomic E-state index is 12.3. The van der Waals surface area contributed by atoms with E-state index in [0.29, 0.717) is 33.7 Å². The van der Waals surface area contributed by atoms with E-state index in [1.54, 1.807) is 48.5 Å². The molecular formula is C34H24N4O8S2. The zero-order valence-electron chi connectivity index (χ0n) is 24.6. The SMILES string of the molecule is O=C1C=C/C(=N\Nc2ccc(/C=C/c3ccc(N/N=C4\C=CC(=O)c5ccccc54)cc3S(=O)(=O)O)c(S(=O)(=O)O)c2)c2ccccc21. The van der Waals surface area contributed by atoms with Crippen LogP contribution in [0.2, 0.25) is 0 Å². The van der Waals surface area contributed by atoms with Gasteiger partial charge in [-0.3, -0.25) is 29.5 Å². The van der Waals surface area contributed by atoms with Crippen molar-refractivity contribution in [2.45, 2.75) is 9.79 Å². The Balaban J connectivity index is 1.27. The van der Waals surface area contributed by atoms with Crippen LogP contribution < -0.4 is 10.9 Å². The topological polar surface area (TPSA) is 192 Å². The van der Waals surface area contributed by atoms with Gasteiger partial charge in [-0.25, -0.2) is 0 Å². The molecule has 2 aliphatic rings. The molecular weight excluding hydrogens is 657 g/mol. The molecule has 0 saturated carbocycles. The quantitative estimate of drug-likeness (QED) is 0.105. The van der Waals surface area contributed by atoms with E-state index in [-0.39, 0.29) is 34.1 Å². The molecule has 0 heterocycles. The van der Waals surface area contributed by atoms with E-state index in [0.717, 1.165) is 12.1 Å². The molecule has 0 aliphatic heterocycles. The van der Waals surface area contributed by atoms with E-state index in [2.05, 4.69) is 21.1 Å². The zero-order valence-corrected chi connectivity index (χ0v) is 26.2. The second-order valence-corrected chi connectivity index (χ2v) is 13.3. The average Bonchev–Trinajstić information content (AvgIpc) is 3.06. The largest absolute Gasteiger partial charge is 0.295 e. The average molecular weight is 681 g/mol. The fraction of sp³-hybridized carbons (Fsp3) is 0. The van der Waals surface area contributed by atoms with Gasteiger partial charge >= 0.3 is 0 Å². The Kier molecular flexibility index (Phi) is 8.56. The minimum atomic E-state index is -4.76. The summed E-state index contributed by atoms with van der Waals surface area (Å²) >= 11 is 0. The fourth-order valence-electron chi connectivity index (χ4n) is 5.07. The van der Waals surface area contributed by atoms with Gasteiger partial charge in [0, 0.05) is 22.3 Å². The zero-order chi connectivity index (χ0) is 34.1. The van der Waals surface area contributed by atoms with E-state index in [1.807, 2.05) is 0 Å². The fourth-order valence-corrected chi connectivity index (χ4v) is 6.48. The maximum atomic E-state index is 12.3. The number of benzene rings is 4. The monoisotopic (exact) mass is 680 g/mol. The summed E-state index contributed by atoms with van der Waals surface area (Å²) < 4.78 is 69.2. The van der Waals surface area contributed by atoms with Gasteiger partial charge in [0.15, 0.2) is 11.6 Å². The van der Waals surface area contributed by atoms with Gasteiger partial charge < -0.3 is 0 Å². The predicted octanol–water partition coefficient (Wildman–Crippen LogP) is 5.49. The molecule has 48 heavy (non-hydrogen) atoms. The molecule has 0 unspecified atom stereocenters.